The van der Waals surface area contributed by atoms with Crippen LogP contribution >= 0.6 is 11.6 Å². The lowest BCUT2D eigenvalue weighted by Crippen LogP contribution is -2.42. The van der Waals surface area contributed by atoms with Gasteiger partial charge in [0.2, 0.25) is 15.9 Å². The third-order valence-electron chi connectivity index (χ3n) is 5.14. The van der Waals surface area contributed by atoms with Crippen LogP contribution in [0, 0.1) is 19.7 Å². The van der Waals surface area contributed by atoms with Crippen LogP contribution in [0.25, 0.3) is 0 Å². The van der Waals surface area contributed by atoms with Crippen LogP contribution in [0.3, 0.4) is 0 Å². The molecule has 0 saturated carbocycles. The number of amides is 1. The molecule has 162 valence electrons. The second kappa shape index (κ2) is 9.43. The minimum absolute atomic E-state index is 0.0102. The lowest BCUT2D eigenvalue weighted by molar-refractivity contribution is -0.116. The molecule has 30 heavy (non-hydrogen) atoms. The highest BCUT2D eigenvalue weighted by molar-refractivity contribution is 7.89. The first-order valence-electron chi connectivity index (χ1n) is 9.61. The first-order chi connectivity index (χ1) is 14.2. The molecule has 9 heteroatoms. The van der Waals surface area contributed by atoms with E-state index in [1.807, 2.05) is 26.0 Å². The SMILES string of the molecule is Cc1cccc(NC(=O)CN(CC2CCCO2)S(=O)(=O)c2ccc(F)cc2Cl)c1C. The van der Waals surface area contributed by atoms with Crippen molar-refractivity contribution in [1.29, 1.82) is 0 Å². The molecule has 1 atom stereocenters. The Kier molecular flexibility index (Phi) is 7.13. The second-order valence-electron chi connectivity index (χ2n) is 7.30. The minimum Gasteiger partial charge on any atom is -0.377 e. The van der Waals surface area contributed by atoms with Crippen LogP contribution in [0.5, 0.6) is 0 Å². The van der Waals surface area contributed by atoms with E-state index >= 15 is 0 Å². The van der Waals surface area contributed by atoms with Crippen molar-refractivity contribution >= 4 is 33.2 Å². The van der Waals surface area contributed by atoms with Crippen LogP contribution in [0.2, 0.25) is 5.02 Å². The van der Waals surface area contributed by atoms with Crippen LogP contribution in [0.4, 0.5) is 10.1 Å². The highest BCUT2D eigenvalue weighted by Crippen LogP contribution is 2.27. The Hall–Kier alpha value is -2.00. The summed E-state index contributed by atoms with van der Waals surface area (Å²) in [6.07, 6.45) is 1.21. The highest BCUT2D eigenvalue weighted by atomic mass is 35.5. The van der Waals surface area contributed by atoms with Crippen LogP contribution in [0.1, 0.15) is 24.0 Å². The molecule has 0 bridgehead atoms. The average Bonchev–Trinajstić information content (AvgIpc) is 3.18. The molecule has 1 aliphatic heterocycles. The van der Waals surface area contributed by atoms with Gasteiger partial charge in [-0.25, -0.2) is 12.8 Å². The monoisotopic (exact) mass is 454 g/mol. The molecule has 1 fully saturated rings. The predicted molar refractivity (Wildman–Crippen MR) is 114 cm³/mol. The topological polar surface area (TPSA) is 75.7 Å². The Balaban J connectivity index is 1.86. The normalized spacial score (nSPS) is 16.8. The number of nitrogens with zero attached hydrogens (tertiary/aromatic N) is 1. The number of halogens is 2. The van der Waals surface area contributed by atoms with Gasteiger partial charge in [0.25, 0.3) is 0 Å². The van der Waals surface area contributed by atoms with Gasteiger partial charge in [-0.3, -0.25) is 4.79 Å². The summed E-state index contributed by atoms with van der Waals surface area (Å²) in [5.41, 5.74) is 2.53. The summed E-state index contributed by atoms with van der Waals surface area (Å²) in [6, 6.07) is 8.58. The van der Waals surface area contributed by atoms with Crippen molar-refractivity contribution in [2.24, 2.45) is 0 Å². The molecule has 3 rings (SSSR count). The van der Waals surface area contributed by atoms with E-state index in [1.54, 1.807) is 6.07 Å². The maximum absolute atomic E-state index is 13.4. The fourth-order valence-corrected chi connectivity index (χ4v) is 5.26. The second-order valence-corrected chi connectivity index (χ2v) is 9.62. The van der Waals surface area contributed by atoms with Gasteiger partial charge in [0, 0.05) is 18.8 Å². The first kappa shape index (κ1) is 22.7. The van der Waals surface area contributed by atoms with E-state index in [9.17, 15) is 17.6 Å². The predicted octanol–water partition coefficient (Wildman–Crippen LogP) is 3.90. The van der Waals surface area contributed by atoms with Crippen molar-refractivity contribution in [2.75, 3.05) is 25.0 Å². The zero-order valence-electron chi connectivity index (χ0n) is 16.8. The van der Waals surface area contributed by atoms with Gasteiger partial charge in [0.05, 0.1) is 17.7 Å². The van der Waals surface area contributed by atoms with Gasteiger partial charge >= 0.3 is 0 Å². The van der Waals surface area contributed by atoms with Crippen molar-refractivity contribution < 1.29 is 22.3 Å². The fraction of sp³-hybridized carbons (Fsp3) is 0.381. The lowest BCUT2D eigenvalue weighted by Gasteiger charge is -2.25. The Bertz CT molecular complexity index is 1040. The van der Waals surface area contributed by atoms with E-state index in [0.717, 1.165) is 40.1 Å². The molecule has 1 N–H and O–H groups in total. The number of nitrogens with one attached hydrogen (secondary N) is 1. The highest BCUT2D eigenvalue weighted by Gasteiger charge is 2.32. The van der Waals surface area contributed by atoms with E-state index < -0.39 is 28.3 Å². The van der Waals surface area contributed by atoms with Gasteiger partial charge in [-0.1, -0.05) is 23.7 Å². The van der Waals surface area contributed by atoms with Gasteiger partial charge in [-0.05, 0) is 62.1 Å². The number of carbonyl (C=O) groups is 1. The van der Waals surface area contributed by atoms with E-state index in [2.05, 4.69) is 5.32 Å². The largest absolute Gasteiger partial charge is 0.377 e. The molecule has 2 aromatic rings. The summed E-state index contributed by atoms with van der Waals surface area (Å²) in [5, 5.41) is 2.54. The quantitative estimate of drug-likeness (QED) is 0.688. The molecule has 1 saturated heterocycles. The zero-order valence-corrected chi connectivity index (χ0v) is 18.4. The number of benzene rings is 2. The summed E-state index contributed by atoms with van der Waals surface area (Å²) >= 11 is 6.00. The van der Waals surface area contributed by atoms with Gasteiger partial charge in [-0.15, -0.1) is 0 Å². The maximum atomic E-state index is 13.4. The Labute approximate surface area is 181 Å². The van der Waals surface area contributed by atoms with Crippen molar-refractivity contribution in [3.8, 4) is 0 Å². The number of rotatable bonds is 7. The number of hydrogen-bond donors (Lipinski definition) is 1. The molecule has 1 amide bonds. The third-order valence-corrected chi connectivity index (χ3v) is 7.44. The van der Waals surface area contributed by atoms with Crippen LogP contribution in [0.15, 0.2) is 41.3 Å². The Morgan fingerprint density at radius 1 is 1.30 bits per heavy atom. The molecule has 1 heterocycles. The van der Waals surface area contributed by atoms with Crippen molar-refractivity contribution in [3.05, 3.63) is 58.4 Å². The van der Waals surface area contributed by atoms with Gasteiger partial charge in [0.1, 0.15) is 10.7 Å². The maximum Gasteiger partial charge on any atom is 0.245 e. The van der Waals surface area contributed by atoms with Crippen molar-refractivity contribution in [3.63, 3.8) is 0 Å². The number of sulfonamides is 1. The number of ether oxygens (including phenoxy) is 1. The summed E-state index contributed by atoms with van der Waals surface area (Å²) < 4.78 is 46.5. The van der Waals surface area contributed by atoms with E-state index in [-0.39, 0.29) is 22.6 Å². The first-order valence-corrected chi connectivity index (χ1v) is 11.4. The van der Waals surface area contributed by atoms with Gasteiger partial charge < -0.3 is 10.1 Å². The zero-order chi connectivity index (χ0) is 21.9. The number of carbonyl (C=O) groups excluding carboxylic acids is 1. The van der Waals surface area contributed by atoms with Gasteiger partial charge in [0.15, 0.2) is 0 Å². The van der Waals surface area contributed by atoms with Crippen molar-refractivity contribution in [1.82, 2.24) is 4.31 Å². The van der Waals surface area contributed by atoms with Crippen LogP contribution in [-0.4, -0.2) is 44.4 Å². The molecule has 0 aromatic heterocycles. The Morgan fingerprint density at radius 3 is 2.73 bits per heavy atom. The van der Waals surface area contributed by atoms with E-state index in [0.29, 0.717) is 18.7 Å². The molecular weight excluding hydrogens is 431 g/mol. The summed E-state index contributed by atoms with van der Waals surface area (Å²) in [4.78, 5) is 12.5. The molecule has 0 radical (unpaired) electrons. The minimum atomic E-state index is -4.15. The van der Waals surface area contributed by atoms with Crippen LogP contribution < -0.4 is 5.32 Å². The number of aryl methyl sites for hydroxylation is 1. The summed E-state index contributed by atoms with van der Waals surface area (Å²) in [5.74, 6) is -1.12. The molecule has 1 unspecified atom stereocenters. The molecular formula is C21H24ClFN2O4S. The lowest BCUT2D eigenvalue weighted by atomic mass is 10.1. The molecule has 6 nitrogen and oxygen atoms in total. The van der Waals surface area contributed by atoms with E-state index in [1.165, 1.54) is 0 Å². The number of anilines is 1. The summed E-state index contributed by atoms with van der Waals surface area (Å²) in [6.45, 7) is 3.95. The average molecular weight is 455 g/mol. The van der Waals surface area contributed by atoms with Crippen molar-refractivity contribution in [2.45, 2.75) is 37.7 Å². The standard InChI is InChI=1S/C21H24ClFN2O4S/c1-14-5-3-7-19(15(14)2)24-21(26)13-25(12-17-6-4-10-29-17)30(27,28)20-9-8-16(23)11-18(20)22/h3,5,7-9,11,17H,4,6,10,12-13H2,1-2H3,(H,24,26). The number of hydrogen-bond acceptors (Lipinski definition) is 4. The van der Waals surface area contributed by atoms with Gasteiger partial charge in [-0.2, -0.15) is 4.31 Å². The molecule has 2 aromatic carbocycles. The third kappa shape index (κ3) is 5.18. The molecule has 0 aliphatic carbocycles. The van der Waals surface area contributed by atoms with Crippen LogP contribution in [-0.2, 0) is 19.6 Å². The fourth-order valence-electron chi connectivity index (χ4n) is 3.32. The smallest absolute Gasteiger partial charge is 0.245 e. The summed E-state index contributed by atoms with van der Waals surface area (Å²) in [7, 11) is -4.15. The molecule has 0 spiro atoms. The Morgan fingerprint density at radius 2 is 2.07 bits per heavy atom. The van der Waals surface area contributed by atoms with E-state index in [4.69, 9.17) is 16.3 Å². The molecule has 1 aliphatic rings.